The van der Waals surface area contributed by atoms with Crippen LogP contribution in [-0.2, 0) is 25.0 Å². The number of alkyl halides is 3. The molecule has 2 aliphatic heterocycles. The lowest BCUT2D eigenvalue weighted by Gasteiger charge is -2.35. The van der Waals surface area contributed by atoms with Crippen LogP contribution < -0.4 is 21.1 Å². The first-order chi connectivity index (χ1) is 17.2. The van der Waals surface area contributed by atoms with Crippen molar-refractivity contribution in [2.24, 2.45) is 5.92 Å². The number of nitrogens with zero attached hydrogens (tertiary/aromatic N) is 4. The largest absolute Gasteiger partial charge is 0.402 e. The van der Waals surface area contributed by atoms with Crippen molar-refractivity contribution in [2.75, 3.05) is 56.6 Å². The van der Waals surface area contributed by atoms with Crippen molar-refractivity contribution in [1.29, 1.82) is 0 Å². The minimum atomic E-state index is -4.69. The Morgan fingerprint density at radius 3 is 2.35 bits per heavy atom. The summed E-state index contributed by atoms with van der Waals surface area (Å²) >= 11 is 0. The van der Waals surface area contributed by atoms with Gasteiger partial charge in [-0.05, 0) is 17.9 Å². The first kappa shape index (κ1) is 29.5. The quantitative estimate of drug-likeness (QED) is 0.374. The molecule has 0 aliphatic carbocycles. The van der Waals surface area contributed by atoms with Gasteiger partial charge in [-0.2, -0.15) is 17.5 Å². The smallest absolute Gasteiger partial charge is 0.379 e. The molecule has 1 aromatic heterocycles. The Labute approximate surface area is 215 Å². The predicted octanol–water partition coefficient (Wildman–Crippen LogP) is 0.402. The molecule has 37 heavy (non-hydrogen) atoms. The lowest BCUT2D eigenvalue weighted by atomic mass is 9.89. The molecule has 3 N–H and O–H groups in total. The van der Waals surface area contributed by atoms with Crippen LogP contribution in [-0.4, -0.2) is 98.5 Å². The van der Waals surface area contributed by atoms with Crippen LogP contribution in [0, 0.1) is 5.92 Å². The summed E-state index contributed by atoms with van der Waals surface area (Å²) in [5.74, 6) is -3.01. The molecule has 2 unspecified atom stereocenters. The highest BCUT2D eigenvalue weighted by Gasteiger charge is 2.51. The maximum atomic E-state index is 13.2. The number of piperazine rings is 1. The number of aromatic nitrogens is 2. The van der Waals surface area contributed by atoms with E-state index in [0.717, 1.165) is 5.56 Å². The molecule has 2 fully saturated rings. The fraction of sp³-hybridized carbons (Fsp3) is 0.773. The number of nitrogens with one attached hydrogen (secondary N) is 3. The van der Waals surface area contributed by atoms with Crippen molar-refractivity contribution in [3.8, 4) is 0 Å². The van der Waals surface area contributed by atoms with Crippen LogP contribution >= 0.6 is 0 Å². The summed E-state index contributed by atoms with van der Waals surface area (Å²) in [6.07, 6.45) is -1.10. The van der Waals surface area contributed by atoms with E-state index in [1.54, 1.807) is 19.3 Å². The molecule has 1 aromatic rings. The number of amides is 1. The van der Waals surface area contributed by atoms with E-state index in [0.29, 0.717) is 32.1 Å². The maximum absolute atomic E-state index is 13.2. The van der Waals surface area contributed by atoms with Crippen LogP contribution in [0.15, 0.2) is 12.4 Å². The Bertz CT molecular complexity index is 1010. The second-order valence-electron chi connectivity index (χ2n) is 10.4. The highest BCUT2D eigenvalue weighted by molar-refractivity contribution is 7.89. The SMILES string of the molecule is C[C@@H](COCCS(=O)(=O)N1CCN(c2ncc(C(C)(C)C)cn2)CC1)NC1CNNC(=O)C1C(F)(F)F. The topological polar surface area (TPSA) is 129 Å². The van der Waals surface area contributed by atoms with E-state index >= 15 is 0 Å². The number of carbonyl (C=O) groups is 1. The molecule has 3 rings (SSSR count). The number of halogens is 3. The van der Waals surface area contributed by atoms with Gasteiger partial charge in [-0.1, -0.05) is 20.8 Å². The summed E-state index contributed by atoms with van der Waals surface area (Å²) < 4.78 is 72.1. The Balaban J connectivity index is 1.41. The van der Waals surface area contributed by atoms with Crippen LogP contribution in [0.1, 0.15) is 33.3 Å². The van der Waals surface area contributed by atoms with E-state index in [2.05, 4.69) is 41.5 Å². The first-order valence-corrected chi connectivity index (χ1v) is 13.8. The number of rotatable bonds is 9. The van der Waals surface area contributed by atoms with Crippen LogP contribution in [0.3, 0.4) is 0 Å². The number of sulfonamides is 1. The molecule has 0 bridgehead atoms. The zero-order chi connectivity index (χ0) is 27.4. The van der Waals surface area contributed by atoms with Gasteiger partial charge in [0.15, 0.2) is 5.92 Å². The second kappa shape index (κ2) is 11.8. The molecule has 1 amide bonds. The summed E-state index contributed by atoms with van der Waals surface area (Å²) in [7, 11) is -3.57. The van der Waals surface area contributed by atoms with E-state index in [4.69, 9.17) is 4.74 Å². The molecular formula is C22H36F3N7O4S. The molecule has 15 heteroatoms. The molecule has 11 nitrogen and oxygen atoms in total. The van der Waals surface area contributed by atoms with Gasteiger partial charge in [-0.25, -0.2) is 23.8 Å². The third-order valence-electron chi connectivity index (χ3n) is 6.34. The minimum Gasteiger partial charge on any atom is -0.379 e. The Morgan fingerprint density at radius 2 is 1.78 bits per heavy atom. The number of ether oxygens (including phenoxy) is 1. The summed E-state index contributed by atoms with van der Waals surface area (Å²) in [6.45, 7) is 9.13. The zero-order valence-electron chi connectivity index (χ0n) is 21.5. The van der Waals surface area contributed by atoms with Crippen molar-refractivity contribution in [3.63, 3.8) is 0 Å². The molecular weight excluding hydrogens is 515 g/mol. The molecule has 3 atom stereocenters. The molecule has 0 radical (unpaired) electrons. The van der Waals surface area contributed by atoms with Gasteiger partial charge in [0.05, 0.1) is 19.0 Å². The third kappa shape index (κ3) is 7.96. The van der Waals surface area contributed by atoms with Gasteiger partial charge in [0.1, 0.15) is 0 Å². The Hall–Kier alpha value is -2.07. The fourth-order valence-electron chi connectivity index (χ4n) is 4.16. The number of carbonyl (C=O) groups excluding carboxylic acids is 1. The van der Waals surface area contributed by atoms with Crippen molar-refractivity contribution in [1.82, 2.24) is 30.4 Å². The average Bonchev–Trinajstić information content (AvgIpc) is 2.81. The zero-order valence-corrected chi connectivity index (χ0v) is 22.3. The third-order valence-corrected chi connectivity index (χ3v) is 8.18. The maximum Gasteiger partial charge on any atom is 0.402 e. The van der Waals surface area contributed by atoms with E-state index in [9.17, 15) is 26.4 Å². The van der Waals surface area contributed by atoms with Gasteiger partial charge < -0.3 is 15.0 Å². The van der Waals surface area contributed by atoms with Gasteiger partial charge >= 0.3 is 6.18 Å². The molecule has 2 saturated heterocycles. The summed E-state index contributed by atoms with van der Waals surface area (Å²) in [5, 5.41) is 2.75. The van der Waals surface area contributed by atoms with Crippen molar-refractivity contribution < 1.29 is 31.1 Å². The standard InChI is InChI=1S/C22H36F3N7O4S/c1-15(29-17-13-28-30-19(33)18(17)22(23,24)25)14-36-9-10-37(34,35)32-7-5-31(6-8-32)20-26-11-16(12-27-20)21(2,3)4/h11-12,15,17-18,28-29H,5-10,13-14H2,1-4H3,(H,30,33)/t15-,17?,18?/m0/s1. The van der Waals surface area contributed by atoms with Crippen LogP contribution in [0.25, 0.3) is 0 Å². The molecule has 0 spiro atoms. The van der Waals surface area contributed by atoms with Gasteiger partial charge in [-0.3, -0.25) is 10.2 Å². The summed E-state index contributed by atoms with van der Waals surface area (Å²) in [6, 6.07) is -1.69. The van der Waals surface area contributed by atoms with Gasteiger partial charge in [0, 0.05) is 57.2 Å². The highest BCUT2D eigenvalue weighted by atomic mass is 32.2. The second-order valence-corrected chi connectivity index (χ2v) is 12.5. The van der Waals surface area contributed by atoms with Crippen molar-refractivity contribution in [2.45, 2.75) is 51.4 Å². The van der Waals surface area contributed by atoms with Crippen LogP contribution in [0.4, 0.5) is 19.1 Å². The predicted molar refractivity (Wildman–Crippen MR) is 131 cm³/mol. The van der Waals surface area contributed by atoms with Crippen LogP contribution in [0.5, 0.6) is 0 Å². The van der Waals surface area contributed by atoms with Crippen LogP contribution in [0.2, 0.25) is 0 Å². The highest BCUT2D eigenvalue weighted by Crippen LogP contribution is 2.30. The molecule has 210 valence electrons. The number of hydrogen-bond acceptors (Lipinski definition) is 9. The number of hydrazine groups is 1. The van der Waals surface area contributed by atoms with E-state index in [-0.39, 0.29) is 30.9 Å². The lowest BCUT2D eigenvalue weighted by molar-refractivity contribution is -0.193. The first-order valence-electron chi connectivity index (χ1n) is 12.2. The summed E-state index contributed by atoms with van der Waals surface area (Å²) in [4.78, 5) is 22.5. The molecule has 3 heterocycles. The number of hydrogen-bond donors (Lipinski definition) is 3. The van der Waals surface area contributed by atoms with Crippen molar-refractivity contribution >= 4 is 21.9 Å². The van der Waals surface area contributed by atoms with E-state index in [1.807, 2.05) is 10.3 Å². The van der Waals surface area contributed by atoms with Gasteiger partial charge in [0.2, 0.25) is 21.9 Å². The fourth-order valence-corrected chi connectivity index (χ4v) is 5.47. The summed E-state index contributed by atoms with van der Waals surface area (Å²) in [5.41, 5.74) is 5.40. The van der Waals surface area contributed by atoms with Gasteiger partial charge in [0.25, 0.3) is 0 Å². The normalized spacial score (nSPS) is 23.1. The Morgan fingerprint density at radius 1 is 1.16 bits per heavy atom. The molecule has 0 saturated carbocycles. The molecule has 0 aromatic carbocycles. The monoisotopic (exact) mass is 551 g/mol. The van der Waals surface area contributed by atoms with E-state index in [1.165, 1.54) is 4.31 Å². The average molecular weight is 552 g/mol. The number of anilines is 1. The van der Waals surface area contributed by atoms with Gasteiger partial charge in [-0.15, -0.1) is 0 Å². The minimum absolute atomic E-state index is 0.00606. The van der Waals surface area contributed by atoms with E-state index < -0.39 is 40.1 Å². The lowest BCUT2D eigenvalue weighted by Crippen LogP contribution is -2.65. The van der Waals surface area contributed by atoms with Crippen molar-refractivity contribution in [3.05, 3.63) is 18.0 Å². The Kier molecular flexibility index (Phi) is 9.37. The molecule has 2 aliphatic rings.